The van der Waals surface area contributed by atoms with Gasteiger partial charge in [-0.2, -0.15) is 5.10 Å². The van der Waals surface area contributed by atoms with Crippen molar-refractivity contribution in [3.05, 3.63) is 64.1 Å². The first-order valence-corrected chi connectivity index (χ1v) is 10.3. The third-order valence-electron chi connectivity index (χ3n) is 3.74. The smallest absolute Gasteiger partial charge is 0.329 e. The van der Waals surface area contributed by atoms with Crippen molar-refractivity contribution in [2.24, 2.45) is 5.10 Å². The van der Waals surface area contributed by atoms with Crippen molar-refractivity contribution < 1.29 is 23.9 Å². The minimum Gasteiger partial charge on any atom is -0.493 e. The molecule has 0 heterocycles. The van der Waals surface area contributed by atoms with Crippen molar-refractivity contribution >= 4 is 57.2 Å². The van der Waals surface area contributed by atoms with Gasteiger partial charge in [-0.1, -0.05) is 29.8 Å². The van der Waals surface area contributed by atoms with E-state index in [1.54, 1.807) is 36.4 Å². The molecule has 2 rings (SSSR count). The summed E-state index contributed by atoms with van der Waals surface area (Å²) < 4.78 is 11.4. The van der Waals surface area contributed by atoms with Gasteiger partial charge in [0.2, 0.25) is 0 Å². The number of para-hydroxylation sites is 1. The van der Waals surface area contributed by atoms with Crippen LogP contribution in [-0.2, 0) is 14.4 Å². The van der Waals surface area contributed by atoms with E-state index in [9.17, 15) is 14.4 Å². The van der Waals surface area contributed by atoms with Crippen LogP contribution in [0.15, 0.2) is 58.6 Å². The number of hydrogen-bond acceptors (Lipinski definition) is 6. The van der Waals surface area contributed by atoms with Crippen LogP contribution in [0.1, 0.15) is 5.56 Å². The summed E-state index contributed by atoms with van der Waals surface area (Å²) in [5, 5.41) is 9.14. The van der Waals surface area contributed by atoms with Crippen molar-refractivity contribution in [3.63, 3.8) is 0 Å². The van der Waals surface area contributed by atoms with E-state index < -0.39 is 17.7 Å². The van der Waals surface area contributed by atoms with Crippen molar-refractivity contribution in [1.82, 2.24) is 10.7 Å². The minimum atomic E-state index is -0.918. The molecule has 168 valence electrons. The van der Waals surface area contributed by atoms with Crippen LogP contribution >= 0.6 is 27.5 Å². The zero-order valence-corrected chi connectivity index (χ0v) is 19.3. The number of halogens is 2. The van der Waals surface area contributed by atoms with E-state index in [2.05, 4.69) is 43.7 Å². The number of methoxy groups -OCH3 is 1. The van der Waals surface area contributed by atoms with Crippen LogP contribution in [0.5, 0.6) is 11.5 Å². The Morgan fingerprint density at radius 3 is 2.66 bits per heavy atom. The molecule has 0 radical (unpaired) electrons. The first kappa shape index (κ1) is 24.9. The van der Waals surface area contributed by atoms with Crippen LogP contribution < -0.4 is 25.5 Å². The van der Waals surface area contributed by atoms with Crippen LogP contribution in [0.3, 0.4) is 0 Å². The number of nitrogens with zero attached hydrogens (tertiary/aromatic N) is 1. The number of hydrogen-bond donors (Lipinski definition) is 3. The maximum absolute atomic E-state index is 12.2. The first-order chi connectivity index (χ1) is 15.3. The third kappa shape index (κ3) is 7.40. The summed E-state index contributed by atoms with van der Waals surface area (Å²) in [6.45, 7) is 3.32. The van der Waals surface area contributed by atoms with Crippen molar-refractivity contribution in [3.8, 4) is 11.5 Å². The second-order valence-corrected chi connectivity index (χ2v) is 7.31. The van der Waals surface area contributed by atoms with E-state index >= 15 is 0 Å². The second-order valence-electron chi connectivity index (χ2n) is 6.05. The van der Waals surface area contributed by atoms with E-state index in [1.807, 2.05) is 0 Å². The molecule has 0 unspecified atom stereocenters. The minimum absolute atomic E-state index is 0.165. The van der Waals surface area contributed by atoms with Gasteiger partial charge >= 0.3 is 11.8 Å². The number of nitrogens with one attached hydrogen (secondary N) is 3. The van der Waals surface area contributed by atoms with Gasteiger partial charge < -0.3 is 20.1 Å². The normalized spacial score (nSPS) is 10.3. The van der Waals surface area contributed by atoms with Crippen LogP contribution in [0.25, 0.3) is 0 Å². The van der Waals surface area contributed by atoms with Crippen LogP contribution in [0.4, 0.5) is 5.69 Å². The Balaban J connectivity index is 2.01. The highest BCUT2D eigenvalue weighted by Gasteiger charge is 2.14. The molecule has 0 aliphatic rings. The number of anilines is 1. The summed E-state index contributed by atoms with van der Waals surface area (Å²) in [5.41, 5.74) is 3.12. The Bertz CT molecular complexity index is 1040. The number of carbonyl (C=O) groups is 3. The maximum atomic E-state index is 12.2. The quantitative estimate of drug-likeness (QED) is 0.202. The predicted molar refractivity (Wildman–Crippen MR) is 125 cm³/mol. The fourth-order valence-corrected chi connectivity index (χ4v) is 3.06. The average molecular weight is 524 g/mol. The molecule has 0 atom stereocenters. The Morgan fingerprint density at radius 2 is 1.97 bits per heavy atom. The fourth-order valence-electron chi connectivity index (χ4n) is 2.30. The SMILES string of the molecule is C=CCNC(=O)C(=O)N/N=C\c1cc(Br)c(OCC(=O)Nc2ccccc2Cl)c(OC)c1. The molecule has 2 aromatic rings. The summed E-state index contributed by atoms with van der Waals surface area (Å²) >= 11 is 9.39. The zero-order chi connectivity index (χ0) is 23.5. The number of benzene rings is 2. The highest BCUT2D eigenvalue weighted by Crippen LogP contribution is 2.36. The van der Waals surface area contributed by atoms with Crippen LogP contribution in [0.2, 0.25) is 5.02 Å². The molecule has 32 heavy (non-hydrogen) atoms. The number of carbonyl (C=O) groups excluding carboxylic acids is 3. The number of amides is 3. The van der Waals surface area contributed by atoms with Gasteiger partial charge in [-0.25, -0.2) is 5.43 Å². The summed E-state index contributed by atoms with van der Waals surface area (Å²) in [6, 6.07) is 10.1. The molecule has 0 aliphatic carbocycles. The zero-order valence-electron chi connectivity index (χ0n) is 17.0. The number of hydrazone groups is 1. The fraction of sp³-hybridized carbons (Fsp3) is 0.143. The first-order valence-electron chi connectivity index (χ1n) is 9.12. The molecule has 3 amide bonds. The van der Waals surface area contributed by atoms with E-state index in [4.69, 9.17) is 21.1 Å². The maximum Gasteiger partial charge on any atom is 0.329 e. The lowest BCUT2D eigenvalue weighted by Gasteiger charge is -2.13. The Hall–Kier alpha value is -3.37. The van der Waals surface area contributed by atoms with Crippen molar-refractivity contribution in [2.75, 3.05) is 25.6 Å². The van der Waals surface area contributed by atoms with Crippen LogP contribution in [-0.4, -0.2) is 44.2 Å². The van der Waals surface area contributed by atoms with Gasteiger partial charge in [0, 0.05) is 6.54 Å². The third-order valence-corrected chi connectivity index (χ3v) is 4.66. The highest BCUT2D eigenvalue weighted by molar-refractivity contribution is 9.10. The van der Waals surface area contributed by atoms with Gasteiger partial charge in [0.25, 0.3) is 5.91 Å². The summed E-state index contributed by atoms with van der Waals surface area (Å²) in [4.78, 5) is 35.3. The summed E-state index contributed by atoms with van der Waals surface area (Å²) in [6.07, 6.45) is 2.77. The van der Waals surface area contributed by atoms with Crippen molar-refractivity contribution in [2.45, 2.75) is 0 Å². The molecular weight excluding hydrogens is 504 g/mol. The van der Waals surface area contributed by atoms with E-state index in [0.717, 1.165) is 0 Å². The van der Waals surface area contributed by atoms with Gasteiger partial charge in [0.1, 0.15) is 0 Å². The largest absolute Gasteiger partial charge is 0.493 e. The molecule has 9 nitrogen and oxygen atoms in total. The van der Waals surface area contributed by atoms with E-state index in [0.29, 0.717) is 32.2 Å². The summed E-state index contributed by atoms with van der Waals surface area (Å²) in [7, 11) is 1.44. The van der Waals surface area contributed by atoms with Gasteiger partial charge in [-0.05, 0) is 45.8 Å². The predicted octanol–water partition coefficient (Wildman–Crippen LogP) is 2.88. The Kier molecular flexibility index (Phi) is 9.71. The molecule has 0 fully saturated rings. The van der Waals surface area contributed by atoms with Gasteiger partial charge in [-0.3, -0.25) is 14.4 Å². The average Bonchev–Trinajstić information content (AvgIpc) is 2.77. The standard InChI is InChI=1S/C21H20BrClN4O5/c1-3-8-24-20(29)21(30)27-25-11-13-9-14(22)19(17(10-13)31-2)32-12-18(28)26-16-7-5-4-6-15(16)23/h3-7,9-11H,1,8,12H2,2H3,(H,24,29)(H,26,28)(H,27,30)/b25-11-. The molecule has 3 N–H and O–H groups in total. The van der Waals surface area contributed by atoms with Gasteiger partial charge in [-0.15, -0.1) is 6.58 Å². The monoisotopic (exact) mass is 522 g/mol. The molecule has 0 aromatic heterocycles. The molecule has 0 bridgehead atoms. The number of ether oxygens (including phenoxy) is 2. The lowest BCUT2D eigenvalue weighted by atomic mass is 10.2. The highest BCUT2D eigenvalue weighted by atomic mass is 79.9. The van der Waals surface area contributed by atoms with Gasteiger partial charge in [0.05, 0.1) is 28.5 Å². The lowest BCUT2D eigenvalue weighted by Crippen LogP contribution is -2.37. The van der Waals surface area contributed by atoms with E-state index in [1.165, 1.54) is 19.4 Å². The van der Waals surface area contributed by atoms with Crippen molar-refractivity contribution in [1.29, 1.82) is 0 Å². The summed E-state index contributed by atoms with van der Waals surface area (Å²) in [5.74, 6) is -1.54. The molecule has 11 heteroatoms. The lowest BCUT2D eigenvalue weighted by molar-refractivity contribution is -0.139. The molecule has 0 saturated carbocycles. The Labute approximate surface area is 197 Å². The van der Waals surface area contributed by atoms with E-state index in [-0.39, 0.29) is 13.2 Å². The van der Waals surface area contributed by atoms with Crippen LogP contribution in [0, 0.1) is 0 Å². The second kappa shape index (κ2) is 12.5. The topological polar surface area (TPSA) is 118 Å². The molecule has 0 aliphatic heterocycles. The molecule has 2 aromatic carbocycles. The number of rotatable bonds is 9. The molecule has 0 spiro atoms. The molecule has 0 saturated heterocycles. The Morgan fingerprint density at radius 1 is 1.22 bits per heavy atom. The molecular formula is C21H20BrClN4O5. The van der Waals surface area contributed by atoms with Gasteiger partial charge in [0.15, 0.2) is 18.1 Å².